The summed E-state index contributed by atoms with van der Waals surface area (Å²) >= 11 is 6.72. The maximum absolute atomic E-state index is 12.6. The van der Waals surface area contributed by atoms with Gasteiger partial charge in [-0.05, 0) is 36.6 Å². The topological polar surface area (TPSA) is 29.5 Å². The third-order valence-electron chi connectivity index (χ3n) is 3.73. The molecule has 1 fully saturated rings. The Morgan fingerprint density at radius 2 is 2.13 bits per heavy atom. The highest BCUT2D eigenvalue weighted by Gasteiger charge is 2.33. The van der Waals surface area contributed by atoms with E-state index in [1.165, 1.54) is 11.8 Å². The molecule has 0 radical (unpaired) electrons. The number of hydrogen-bond donors (Lipinski definition) is 0. The summed E-state index contributed by atoms with van der Waals surface area (Å²) < 4.78 is 6.57. The van der Waals surface area contributed by atoms with Gasteiger partial charge in [0.1, 0.15) is 16.2 Å². The number of carbonyl (C=O) groups excluding carboxylic acids is 1. The van der Waals surface area contributed by atoms with Crippen molar-refractivity contribution in [2.75, 3.05) is 6.54 Å². The first-order chi connectivity index (χ1) is 11.0. The lowest BCUT2D eigenvalue weighted by atomic mass is 10.0. The second-order valence-electron chi connectivity index (χ2n) is 6.13. The highest BCUT2D eigenvalue weighted by molar-refractivity contribution is 8.26. The van der Waals surface area contributed by atoms with Crippen molar-refractivity contribution in [1.82, 2.24) is 4.90 Å². The fourth-order valence-electron chi connectivity index (χ4n) is 2.60. The van der Waals surface area contributed by atoms with Crippen LogP contribution in [0, 0.1) is 5.92 Å². The fraction of sp³-hybridized carbons (Fsp3) is 0.333. The number of para-hydroxylation sites is 1. The Morgan fingerprint density at radius 1 is 1.39 bits per heavy atom. The van der Waals surface area contributed by atoms with E-state index in [0.717, 1.165) is 16.9 Å². The van der Waals surface area contributed by atoms with Crippen molar-refractivity contribution in [3.05, 3.63) is 46.4 Å². The van der Waals surface area contributed by atoms with Crippen LogP contribution in [0.15, 0.2) is 40.8 Å². The molecule has 3 nitrogen and oxygen atoms in total. The van der Waals surface area contributed by atoms with Crippen LogP contribution in [0.25, 0.3) is 6.08 Å². The van der Waals surface area contributed by atoms with Crippen molar-refractivity contribution < 1.29 is 9.53 Å². The second kappa shape index (κ2) is 6.49. The summed E-state index contributed by atoms with van der Waals surface area (Å²) in [5, 5.41) is 0. The monoisotopic (exact) mass is 345 g/mol. The van der Waals surface area contributed by atoms with Crippen molar-refractivity contribution in [2.45, 2.75) is 26.9 Å². The van der Waals surface area contributed by atoms with E-state index in [-0.39, 0.29) is 12.0 Å². The first-order valence-electron chi connectivity index (χ1n) is 7.68. The molecule has 0 saturated carbocycles. The van der Waals surface area contributed by atoms with Crippen LogP contribution in [-0.4, -0.2) is 27.8 Å². The van der Waals surface area contributed by atoms with Crippen LogP contribution in [0.5, 0.6) is 5.75 Å². The number of thioether (sulfide) groups is 1. The van der Waals surface area contributed by atoms with Crippen molar-refractivity contribution in [3.8, 4) is 5.75 Å². The maximum atomic E-state index is 12.6. The molecule has 1 atom stereocenters. The van der Waals surface area contributed by atoms with Crippen LogP contribution >= 0.6 is 24.0 Å². The van der Waals surface area contributed by atoms with Gasteiger partial charge in [0.15, 0.2) is 0 Å². The zero-order chi connectivity index (χ0) is 16.6. The fourth-order valence-corrected chi connectivity index (χ4v) is 3.87. The molecule has 2 aliphatic heterocycles. The molecule has 2 aliphatic rings. The molecule has 0 N–H and O–H groups in total. The van der Waals surface area contributed by atoms with E-state index in [1.54, 1.807) is 4.90 Å². The molecule has 2 heterocycles. The Balaban J connectivity index is 1.89. The molecule has 120 valence electrons. The van der Waals surface area contributed by atoms with Gasteiger partial charge in [0.2, 0.25) is 0 Å². The van der Waals surface area contributed by atoms with Gasteiger partial charge in [0, 0.05) is 12.1 Å². The van der Waals surface area contributed by atoms with Crippen molar-refractivity contribution in [1.29, 1.82) is 0 Å². The highest BCUT2D eigenvalue weighted by Crippen LogP contribution is 2.35. The highest BCUT2D eigenvalue weighted by atomic mass is 32.2. The smallest absolute Gasteiger partial charge is 0.266 e. The number of nitrogens with zero attached hydrogens (tertiary/aromatic N) is 1. The largest absolute Gasteiger partial charge is 0.485 e. The molecule has 0 aromatic heterocycles. The maximum Gasteiger partial charge on any atom is 0.266 e. The van der Waals surface area contributed by atoms with E-state index in [4.69, 9.17) is 17.0 Å². The number of thiocarbonyl (C=S) groups is 1. The van der Waals surface area contributed by atoms with Crippen LogP contribution in [0.4, 0.5) is 0 Å². The van der Waals surface area contributed by atoms with Crippen molar-refractivity contribution in [3.63, 3.8) is 0 Å². The Bertz CT molecular complexity index is 721. The van der Waals surface area contributed by atoms with Gasteiger partial charge >= 0.3 is 0 Å². The molecule has 1 aromatic carbocycles. The molecule has 0 aliphatic carbocycles. The molecular formula is C18H19NO2S2. The zero-order valence-corrected chi connectivity index (χ0v) is 15.0. The summed E-state index contributed by atoms with van der Waals surface area (Å²) in [4.78, 5) is 14.9. The molecule has 5 heteroatoms. The molecule has 1 amide bonds. The van der Waals surface area contributed by atoms with Crippen LogP contribution in [0.1, 0.15) is 26.3 Å². The van der Waals surface area contributed by atoms with Gasteiger partial charge in [0.05, 0.1) is 4.91 Å². The molecule has 1 aromatic rings. The summed E-state index contributed by atoms with van der Waals surface area (Å²) in [5.41, 5.74) is 2.03. The molecule has 0 bridgehead atoms. The van der Waals surface area contributed by atoms with Crippen LogP contribution in [0.3, 0.4) is 0 Å². The molecule has 0 unspecified atom stereocenters. The Labute approximate surface area is 146 Å². The second-order valence-corrected chi connectivity index (χ2v) is 7.80. The van der Waals surface area contributed by atoms with Gasteiger partial charge in [-0.2, -0.15) is 0 Å². The van der Waals surface area contributed by atoms with E-state index in [2.05, 4.69) is 19.9 Å². The summed E-state index contributed by atoms with van der Waals surface area (Å²) in [5.74, 6) is 1.27. The predicted molar refractivity (Wildman–Crippen MR) is 99.3 cm³/mol. The summed E-state index contributed by atoms with van der Waals surface area (Å²) in [7, 11) is 0. The number of ether oxygens (including phenoxy) is 1. The van der Waals surface area contributed by atoms with E-state index >= 15 is 0 Å². The first-order valence-corrected chi connectivity index (χ1v) is 8.91. The standard InChI is InChI=1S/C18H19NO2S2/c1-11(2)10-19-17(20)16(23-18(19)22)9-14-8-13-6-4-5-7-15(13)21-12(14)3/h4-9,11-12H,10H2,1-3H3/b16-9-/t12-/m0/s1. The number of hydrogen-bond acceptors (Lipinski definition) is 4. The predicted octanol–water partition coefficient (Wildman–Crippen LogP) is 4.25. The third kappa shape index (κ3) is 3.35. The molecule has 3 rings (SSSR count). The number of carbonyl (C=O) groups is 1. The van der Waals surface area contributed by atoms with Crippen LogP contribution < -0.4 is 4.74 Å². The minimum atomic E-state index is -0.0847. The minimum Gasteiger partial charge on any atom is -0.485 e. The molecule has 1 saturated heterocycles. The van der Waals surface area contributed by atoms with Crippen LogP contribution in [-0.2, 0) is 4.79 Å². The number of rotatable bonds is 3. The average Bonchev–Trinajstić information content (AvgIpc) is 2.75. The number of amides is 1. The number of fused-ring (bicyclic) bond motifs is 1. The summed E-state index contributed by atoms with van der Waals surface area (Å²) in [6, 6.07) is 7.91. The first kappa shape index (κ1) is 16.3. The van der Waals surface area contributed by atoms with Gasteiger partial charge in [0.25, 0.3) is 5.91 Å². The Morgan fingerprint density at radius 3 is 2.87 bits per heavy atom. The normalized spacial score (nSPS) is 22.4. The van der Waals surface area contributed by atoms with Crippen molar-refractivity contribution >= 4 is 40.3 Å². The summed E-state index contributed by atoms with van der Waals surface area (Å²) in [6.07, 6.45) is 3.91. The van der Waals surface area contributed by atoms with Gasteiger partial charge in [-0.1, -0.05) is 56.0 Å². The lowest BCUT2D eigenvalue weighted by Gasteiger charge is -2.23. The van der Waals surface area contributed by atoms with E-state index in [1.807, 2.05) is 37.3 Å². The van der Waals surface area contributed by atoms with Gasteiger partial charge in [-0.3, -0.25) is 9.69 Å². The summed E-state index contributed by atoms with van der Waals surface area (Å²) in [6.45, 7) is 6.82. The van der Waals surface area contributed by atoms with Crippen LogP contribution in [0.2, 0.25) is 0 Å². The van der Waals surface area contributed by atoms with E-state index < -0.39 is 0 Å². The average molecular weight is 345 g/mol. The van der Waals surface area contributed by atoms with Crippen molar-refractivity contribution in [2.24, 2.45) is 5.92 Å². The van der Waals surface area contributed by atoms with Gasteiger partial charge < -0.3 is 4.74 Å². The molecule has 0 spiro atoms. The molecule has 23 heavy (non-hydrogen) atoms. The van der Waals surface area contributed by atoms with E-state index in [0.29, 0.717) is 21.7 Å². The lowest BCUT2D eigenvalue weighted by molar-refractivity contribution is -0.122. The van der Waals surface area contributed by atoms with Gasteiger partial charge in [-0.25, -0.2) is 0 Å². The SMILES string of the molecule is CC(C)CN1C(=O)/C(=C/C2=Cc3ccccc3O[C@H]2C)SC1=S. The minimum absolute atomic E-state index is 0.000610. The Hall–Kier alpha value is -1.59. The number of benzene rings is 1. The van der Waals surface area contributed by atoms with Gasteiger partial charge in [-0.15, -0.1) is 0 Å². The van der Waals surface area contributed by atoms with E-state index in [9.17, 15) is 4.79 Å². The third-order valence-corrected chi connectivity index (χ3v) is 5.11. The molecular weight excluding hydrogens is 326 g/mol. The zero-order valence-electron chi connectivity index (χ0n) is 13.4. The quantitative estimate of drug-likeness (QED) is 0.605. The Kier molecular flexibility index (Phi) is 4.60. The lowest BCUT2D eigenvalue weighted by Crippen LogP contribution is -2.31.